The quantitative estimate of drug-likeness (QED) is 0.668. The van der Waals surface area contributed by atoms with Gasteiger partial charge in [-0.05, 0) is 6.42 Å². The highest BCUT2D eigenvalue weighted by Gasteiger charge is 2.14. The van der Waals surface area contributed by atoms with Crippen LogP contribution in [0.4, 0.5) is 0 Å². The summed E-state index contributed by atoms with van der Waals surface area (Å²) in [7, 11) is 1.19. The number of hydrogen-bond acceptors (Lipinski definition) is 7. The van der Waals surface area contributed by atoms with Gasteiger partial charge in [0.2, 0.25) is 0 Å². The van der Waals surface area contributed by atoms with E-state index in [1.165, 1.54) is 7.11 Å². The molecule has 0 fully saturated rings. The van der Waals surface area contributed by atoms with E-state index in [4.69, 9.17) is 0 Å². The van der Waals surface area contributed by atoms with Gasteiger partial charge in [0.05, 0.1) is 7.11 Å². The van der Waals surface area contributed by atoms with Gasteiger partial charge in [-0.2, -0.15) is 0 Å². The zero-order chi connectivity index (χ0) is 12.0. The fraction of sp³-hybridized carbons (Fsp3) is 0.500. The molecule has 1 aromatic heterocycles. The van der Waals surface area contributed by atoms with Gasteiger partial charge in [0.1, 0.15) is 0 Å². The Kier molecular flexibility index (Phi) is 4.25. The number of rotatable bonds is 4. The summed E-state index contributed by atoms with van der Waals surface area (Å²) in [4.78, 5) is 22.3. The first-order valence-corrected chi connectivity index (χ1v) is 4.63. The zero-order valence-corrected chi connectivity index (χ0v) is 8.93. The number of amides is 1. The Balaban J connectivity index is 2.71. The van der Waals surface area contributed by atoms with Crippen LogP contribution in [0.15, 0.2) is 0 Å². The summed E-state index contributed by atoms with van der Waals surface area (Å²) >= 11 is 0. The fourth-order valence-corrected chi connectivity index (χ4v) is 0.811. The molecule has 16 heavy (non-hydrogen) atoms. The summed E-state index contributed by atoms with van der Waals surface area (Å²) in [6.45, 7) is 2.43. The van der Waals surface area contributed by atoms with Gasteiger partial charge in [-0.1, -0.05) is 6.92 Å². The van der Waals surface area contributed by atoms with Crippen molar-refractivity contribution in [2.75, 3.05) is 13.7 Å². The summed E-state index contributed by atoms with van der Waals surface area (Å²) in [6, 6.07) is 0. The predicted molar refractivity (Wildman–Crippen MR) is 51.6 cm³/mol. The Morgan fingerprint density at radius 3 is 2.25 bits per heavy atom. The standard InChI is InChI=1S/C8H11N5O3/c1-3-4-9-7(14)5-10-12-6(13-11-5)8(15)16-2/h3-4H2,1-2H3,(H,9,14). The molecule has 0 saturated carbocycles. The molecule has 8 heteroatoms. The van der Waals surface area contributed by atoms with Crippen LogP contribution in [0, 0.1) is 0 Å². The van der Waals surface area contributed by atoms with Gasteiger partial charge in [0.25, 0.3) is 17.6 Å². The Morgan fingerprint density at radius 1 is 1.19 bits per heavy atom. The van der Waals surface area contributed by atoms with Crippen LogP contribution in [0.25, 0.3) is 0 Å². The van der Waals surface area contributed by atoms with E-state index in [1.807, 2.05) is 6.92 Å². The van der Waals surface area contributed by atoms with E-state index in [9.17, 15) is 9.59 Å². The number of ether oxygens (including phenoxy) is 1. The van der Waals surface area contributed by atoms with Crippen molar-refractivity contribution >= 4 is 11.9 Å². The van der Waals surface area contributed by atoms with Gasteiger partial charge < -0.3 is 10.1 Å². The summed E-state index contributed by atoms with van der Waals surface area (Å²) in [5, 5.41) is 16.3. The fourth-order valence-electron chi connectivity index (χ4n) is 0.811. The third-order valence-corrected chi connectivity index (χ3v) is 1.59. The maximum absolute atomic E-state index is 11.3. The highest BCUT2D eigenvalue weighted by molar-refractivity contribution is 5.90. The molecule has 1 amide bonds. The summed E-state index contributed by atoms with van der Waals surface area (Å²) in [5.74, 6) is -1.69. The van der Waals surface area contributed by atoms with Gasteiger partial charge >= 0.3 is 5.97 Å². The molecule has 0 aliphatic heterocycles. The van der Waals surface area contributed by atoms with E-state index in [2.05, 4.69) is 30.4 Å². The van der Waals surface area contributed by atoms with Crippen LogP contribution >= 0.6 is 0 Å². The maximum Gasteiger partial charge on any atom is 0.379 e. The Bertz CT molecular complexity index is 378. The second-order valence-corrected chi connectivity index (χ2v) is 2.79. The number of aromatic nitrogens is 4. The molecule has 0 bridgehead atoms. The molecule has 0 aliphatic carbocycles. The smallest absolute Gasteiger partial charge is 0.379 e. The first kappa shape index (κ1) is 12.0. The van der Waals surface area contributed by atoms with E-state index in [1.54, 1.807) is 0 Å². The van der Waals surface area contributed by atoms with Crippen molar-refractivity contribution in [1.29, 1.82) is 0 Å². The lowest BCUT2D eigenvalue weighted by Gasteiger charge is -2.00. The molecular formula is C8H11N5O3. The van der Waals surface area contributed by atoms with Crippen molar-refractivity contribution in [1.82, 2.24) is 25.7 Å². The summed E-state index contributed by atoms with van der Waals surface area (Å²) < 4.78 is 4.36. The molecule has 0 spiro atoms. The largest absolute Gasteiger partial charge is 0.463 e. The lowest BCUT2D eigenvalue weighted by Crippen LogP contribution is -2.27. The molecule has 0 aliphatic rings. The second-order valence-electron chi connectivity index (χ2n) is 2.79. The van der Waals surface area contributed by atoms with Crippen molar-refractivity contribution in [2.24, 2.45) is 0 Å². The summed E-state index contributed by atoms with van der Waals surface area (Å²) in [5.41, 5.74) is 0. The Hall–Kier alpha value is -2.12. The third kappa shape index (κ3) is 2.94. The van der Waals surface area contributed by atoms with Crippen molar-refractivity contribution in [3.05, 3.63) is 11.6 Å². The minimum absolute atomic E-state index is 0.180. The molecule has 1 aromatic rings. The molecular weight excluding hydrogens is 214 g/mol. The number of carbonyl (C=O) groups excluding carboxylic acids is 2. The molecule has 0 radical (unpaired) electrons. The topological polar surface area (TPSA) is 107 Å². The first-order chi connectivity index (χ1) is 7.69. The molecule has 86 valence electrons. The van der Waals surface area contributed by atoms with Gasteiger partial charge in [-0.25, -0.2) is 4.79 Å². The average Bonchev–Trinajstić information content (AvgIpc) is 2.35. The van der Waals surface area contributed by atoms with Crippen LogP contribution in [0.1, 0.15) is 34.6 Å². The van der Waals surface area contributed by atoms with E-state index < -0.39 is 11.9 Å². The average molecular weight is 225 g/mol. The van der Waals surface area contributed by atoms with Gasteiger partial charge in [0, 0.05) is 6.54 Å². The van der Waals surface area contributed by atoms with Crippen LogP contribution in [0.3, 0.4) is 0 Å². The molecule has 1 heterocycles. The summed E-state index contributed by atoms with van der Waals surface area (Å²) in [6.07, 6.45) is 0.798. The molecule has 1 N–H and O–H groups in total. The van der Waals surface area contributed by atoms with Crippen LogP contribution in [0.2, 0.25) is 0 Å². The van der Waals surface area contributed by atoms with E-state index >= 15 is 0 Å². The Labute approximate surface area is 91.4 Å². The number of hydrogen-bond donors (Lipinski definition) is 1. The normalized spacial score (nSPS) is 9.62. The lowest BCUT2D eigenvalue weighted by atomic mass is 10.4. The number of carbonyl (C=O) groups is 2. The maximum atomic E-state index is 11.3. The molecule has 0 unspecified atom stereocenters. The third-order valence-electron chi connectivity index (χ3n) is 1.59. The molecule has 1 rings (SSSR count). The van der Waals surface area contributed by atoms with Gasteiger partial charge in [0.15, 0.2) is 0 Å². The first-order valence-electron chi connectivity index (χ1n) is 4.63. The van der Waals surface area contributed by atoms with Crippen molar-refractivity contribution in [3.8, 4) is 0 Å². The number of esters is 1. The minimum Gasteiger partial charge on any atom is -0.463 e. The molecule has 8 nitrogen and oxygen atoms in total. The number of methoxy groups -OCH3 is 1. The predicted octanol–water partition coefficient (Wildman–Crippen LogP) is -0.807. The molecule has 0 atom stereocenters. The lowest BCUT2D eigenvalue weighted by molar-refractivity contribution is 0.0582. The van der Waals surface area contributed by atoms with Crippen LogP contribution in [0.5, 0.6) is 0 Å². The molecule has 0 saturated heterocycles. The highest BCUT2D eigenvalue weighted by atomic mass is 16.5. The SMILES string of the molecule is CCCNC(=O)c1nnc(C(=O)OC)nn1. The van der Waals surface area contributed by atoms with E-state index in [-0.39, 0.29) is 11.6 Å². The van der Waals surface area contributed by atoms with E-state index in [0.29, 0.717) is 6.54 Å². The number of nitrogens with zero attached hydrogens (tertiary/aromatic N) is 4. The van der Waals surface area contributed by atoms with Crippen LogP contribution in [-0.2, 0) is 4.74 Å². The zero-order valence-electron chi connectivity index (χ0n) is 8.93. The van der Waals surface area contributed by atoms with Crippen molar-refractivity contribution in [3.63, 3.8) is 0 Å². The van der Waals surface area contributed by atoms with Crippen LogP contribution in [-0.4, -0.2) is 45.9 Å². The Morgan fingerprint density at radius 2 is 1.75 bits per heavy atom. The van der Waals surface area contributed by atoms with Crippen LogP contribution < -0.4 is 5.32 Å². The number of nitrogens with one attached hydrogen (secondary N) is 1. The monoisotopic (exact) mass is 225 g/mol. The van der Waals surface area contributed by atoms with Crippen molar-refractivity contribution < 1.29 is 14.3 Å². The van der Waals surface area contributed by atoms with Gasteiger partial charge in [-0.3, -0.25) is 4.79 Å². The minimum atomic E-state index is -0.750. The van der Waals surface area contributed by atoms with Gasteiger partial charge in [-0.15, -0.1) is 20.4 Å². The van der Waals surface area contributed by atoms with E-state index in [0.717, 1.165) is 6.42 Å². The second kappa shape index (κ2) is 5.69. The van der Waals surface area contributed by atoms with Crippen molar-refractivity contribution in [2.45, 2.75) is 13.3 Å². The molecule has 0 aromatic carbocycles. The highest BCUT2D eigenvalue weighted by Crippen LogP contribution is 1.90.